The summed E-state index contributed by atoms with van der Waals surface area (Å²) in [5, 5.41) is 1.39. The Morgan fingerprint density at radius 3 is 2.63 bits per heavy atom. The van der Waals surface area contributed by atoms with Crippen molar-refractivity contribution >= 4 is 5.82 Å². The highest BCUT2D eigenvalue weighted by Gasteiger charge is 2.30. The van der Waals surface area contributed by atoms with Gasteiger partial charge in [-0.15, -0.1) is 0 Å². The molecule has 2 fully saturated rings. The van der Waals surface area contributed by atoms with Gasteiger partial charge in [0.25, 0.3) is 0 Å². The van der Waals surface area contributed by atoms with Crippen molar-refractivity contribution in [1.82, 2.24) is 9.97 Å². The van der Waals surface area contributed by atoms with E-state index < -0.39 is 5.82 Å². The molecule has 0 bridgehead atoms. The van der Waals surface area contributed by atoms with E-state index in [4.69, 9.17) is 10.6 Å². The van der Waals surface area contributed by atoms with E-state index in [-0.39, 0.29) is 24.0 Å². The van der Waals surface area contributed by atoms with Crippen LogP contribution >= 0.6 is 0 Å². The second kappa shape index (κ2) is 5.28. The third kappa shape index (κ3) is 2.94. The van der Waals surface area contributed by atoms with Gasteiger partial charge in [0.05, 0.1) is 6.20 Å². The van der Waals surface area contributed by atoms with E-state index in [0.717, 1.165) is 31.9 Å². The van der Waals surface area contributed by atoms with Crippen LogP contribution in [0, 0.1) is 5.82 Å². The third-order valence-electron chi connectivity index (χ3n) is 3.71. The number of halogens is 1. The zero-order chi connectivity index (χ0) is 13.2. The Labute approximate surface area is 111 Å². The van der Waals surface area contributed by atoms with Gasteiger partial charge in [-0.3, -0.25) is 5.01 Å². The van der Waals surface area contributed by atoms with Crippen LogP contribution in [0.1, 0.15) is 44.9 Å². The first kappa shape index (κ1) is 12.6. The molecule has 0 spiro atoms. The summed E-state index contributed by atoms with van der Waals surface area (Å²) in [5.41, 5.74) is 0. The number of hydrogen-bond acceptors (Lipinski definition) is 5. The number of nitrogens with two attached hydrogens (primary N) is 1. The molecule has 1 aromatic heterocycles. The Morgan fingerprint density at radius 1 is 1.21 bits per heavy atom. The van der Waals surface area contributed by atoms with Crippen molar-refractivity contribution in [2.75, 3.05) is 5.01 Å². The maximum atomic E-state index is 13.7. The molecule has 0 unspecified atom stereocenters. The molecule has 1 heterocycles. The van der Waals surface area contributed by atoms with Gasteiger partial charge in [-0.25, -0.2) is 15.2 Å². The highest BCUT2D eigenvalue weighted by Crippen LogP contribution is 2.30. The van der Waals surface area contributed by atoms with Gasteiger partial charge >= 0.3 is 6.01 Å². The molecular weight excluding hydrogens is 247 g/mol. The van der Waals surface area contributed by atoms with Gasteiger partial charge in [0, 0.05) is 6.04 Å². The number of anilines is 1. The Balaban J connectivity index is 1.72. The van der Waals surface area contributed by atoms with E-state index in [1.165, 1.54) is 24.3 Å². The molecule has 3 rings (SSSR count). The standard InChI is InChI=1S/C13H19FN4O/c14-11-8-16-13(19-10-4-2-1-3-5-10)17-12(11)18(15)9-6-7-9/h8-10H,1-7,15H2. The summed E-state index contributed by atoms with van der Waals surface area (Å²) in [7, 11) is 0. The number of hydrogen-bond donors (Lipinski definition) is 1. The lowest BCUT2D eigenvalue weighted by Gasteiger charge is -2.23. The number of rotatable bonds is 4. The molecule has 2 saturated carbocycles. The van der Waals surface area contributed by atoms with Crippen molar-refractivity contribution in [3.05, 3.63) is 12.0 Å². The summed E-state index contributed by atoms with van der Waals surface area (Å²) in [6.07, 6.45) is 8.90. The van der Waals surface area contributed by atoms with Crippen LogP contribution in [0.4, 0.5) is 10.2 Å². The van der Waals surface area contributed by atoms with Gasteiger partial charge in [-0.1, -0.05) is 6.42 Å². The molecule has 104 valence electrons. The van der Waals surface area contributed by atoms with Crippen LogP contribution in [-0.2, 0) is 0 Å². The average Bonchev–Trinajstić information content (AvgIpc) is 3.26. The minimum absolute atomic E-state index is 0.142. The largest absolute Gasteiger partial charge is 0.460 e. The zero-order valence-corrected chi connectivity index (χ0v) is 10.9. The van der Waals surface area contributed by atoms with Crippen molar-refractivity contribution < 1.29 is 9.13 Å². The molecule has 0 saturated heterocycles. The molecule has 0 aliphatic heterocycles. The van der Waals surface area contributed by atoms with Crippen LogP contribution in [0.5, 0.6) is 6.01 Å². The highest BCUT2D eigenvalue weighted by molar-refractivity contribution is 5.40. The first-order chi connectivity index (χ1) is 9.24. The van der Waals surface area contributed by atoms with Crippen molar-refractivity contribution in [3.63, 3.8) is 0 Å². The van der Waals surface area contributed by atoms with Gasteiger partial charge in [-0.05, 0) is 38.5 Å². The fourth-order valence-corrected chi connectivity index (χ4v) is 2.44. The summed E-state index contributed by atoms with van der Waals surface area (Å²) in [5.74, 6) is 5.50. The van der Waals surface area contributed by atoms with Crippen LogP contribution in [0.3, 0.4) is 0 Å². The Kier molecular flexibility index (Phi) is 3.50. The van der Waals surface area contributed by atoms with E-state index in [2.05, 4.69) is 9.97 Å². The third-order valence-corrected chi connectivity index (χ3v) is 3.71. The van der Waals surface area contributed by atoms with Crippen LogP contribution in [-0.4, -0.2) is 22.1 Å². The Hall–Kier alpha value is -1.43. The predicted molar refractivity (Wildman–Crippen MR) is 69.2 cm³/mol. The lowest BCUT2D eigenvalue weighted by Crippen LogP contribution is -2.35. The Morgan fingerprint density at radius 2 is 1.95 bits per heavy atom. The summed E-state index contributed by atoms with van der Waals surface area (Å²) in [4.78, 5) is 8.02. The highest BCUT2D eigenvalue weighted by atomic mass is 19.1. The smallest absolute Gasteiger partial charge is 0.318 e. The lowest BCUT2D eigenvalue weighted by molar-refractivity contribution is 0.141. The molecule has 0 radical (unpaired) electrons. The van der Waals surface area contributed by atoms with Gasteiger partial charge in [-0.2, -0.15) is 4.98 Å². The fraction of sp³-hybridized carbons (Fsp3) is 0.692. The molecule has 2 aliphatic carbocycles. The van der Waals surface area contributed by atoms with E-state index in [1.54, 1.807) is 0 Å². The number of nitrogens with zero attached hydrogens (tertiary/aromatic N) is 3. The predicted octanol–water partition coefficient (Wildman–Crippen LogP) is 2.17. The monoisotopic (exact) mass is 266 g/mol. The van der Waals surface area contributed by atoms with Crippen LogP contribution in [0.2, 0.25) is 0 Å². The molecule has 5 nitrogen and oxygen atoms in total. The quantitative estimate of drug-likeness (QED) is 0.668. The summed E-state index contributed by atoms with van der Waals surface area (Å²) < 4.78 is 19.4. The van der Waals surface area contributed by atoms with Gasteiger partial charge < -0.3 is 4.74 Å². The fourth-order valence-electron chi connectivity index (χ4n) is 2.44. The van der Waals surface area contributed by atoms with Gasteiger partial charge in [0.15, 0.2) is 11.6 Å². The Bertz CT molecular complexity index is 446. The van der Waals surface area contributed by atoms with Crippen molar-refractivity contribution in [2.45, 2.75) is 57.1 Å². The maximum absolute atomic E-state index is 13.7. The second-order valence-corrected chi connectivity index (χ2v) is 5.34. The molecule has 1 aromatic rings. The van der Waals surface area contributed by atoms with Crippen LogP contribution in [0.25, 0.3) is 0 Å². The van der Waals surface area contributed by atoms with Gasteiger partial charge in [0.2, 0.25) is 0 Å². The number of aromatic nitrogens is 2. The first-order valence-electron chi connectivity index (χ1n) is 6.97. The topological polar surface area (TPSA) is 64.3 Å². The molecular formula is C13H19FN4O. The summed E-state index contributed by atoms with van der Waals surface area (Å²) in [6, 6.07) is 0.436. The molecule has 2 aliphatic rings. The molecule has 0 atom stereocenters. The molecule has 0 aromatic carbocycles. The number of hydrazine groups is 1. The minimum Gasteiger partial charge on any atom is -0.460 e. The molecule has 19 heavy (non-hydrogen) atoms. The van der Waals surface area contributed by atoms with E-state index >= 15 is 0 Å². The first-order valence-corrected chi connectivity index (χ1v) is 6.97. The maximum Gasteiger partial charge on any atom is 0.318 e. The number of ether oxygens (including phenoxy) is 1. The van der Waals surface area contributed by atoms with Crippen LogP contribution < -0.4 is 15.6 Å². The lowest BCUT2D eigenvalue weighted by atomic mass is 9.98. The normalized spacial score (nSPS) is 20.3. The molecule has 0 amide bonds. The SMILES string of the molecule is NN(c1nc(OC2CCCCC2)ncc1F)C1CC1. The van der Waals surface area contributed by atoms with Gasteiger partial charge in [0.1, 0.15) is 6.10 Å². The van der Waals surface area contributed by atoms with Crippen LogP contribution in [0.15, 0.2) is 6.20 Å². The zero-order valence-electron chi connectivity index (χ0n) is 10.9. The summed E-state index contributed by atoms with van der Waals surface area (Å²) in [6.45, 7) is 0. The van der Waals surface area contributed by atoms with Crippen molar-refractivity contribution in [1.29, 1.82) is 0 Å². The molecule has 6 heteroatoms. The van der Waals surface area contributed by atoms with Crippen molar-refractivity contribution in [3.8, 4) is 6.01 Å². The van der Waals surface area contributed by atoms with E-state index in [0.29, 0.717) is 0 Å². The van der Waals surface area contributed by atoms with Crippen molar-refractivity contribution in [2.24, 2.45) is 5.84 Å². The van der Waals surface area contributed by atoms with E-state index in [1.807, 2.05) is 0 Å². The second-order valence-electron chi connectivity index (χ2n) is 5.34. The van der Waals surface area contributed by atoms with E-state index in [9.17, 15) is 4.39 Å². The molecule has 2 N–H and O–H groups in total. The average molecular weight is 266 g/mol. The summed E-state index contributed by atoms with van der Waals surface area (Å²) >= 11 is 0. The minimum atomic E-state index is -0.495.